The Bertz CT molecular complexity index is 251. The Kier molecular flexibility index (Phi) is 6.11. The van der Waals surface area contributed by atoms with E-state index in [1.165, 1.54) is 45.3 Å². The number of nitrogens with zero attached hydrogens (tertiary/aromatic N) is 1. The monoisotopic (exact) mass is 268 g/mol. The Labute approximate surface area is 119 Å². The normalized spacial score (nSPS) is 32.4. The molecule has 0 radical (unpaired) electrons. The molecule has 112 valence electrons. The first-order valence-electron chi connectivity index (χ1n) is 8.28. The maximum atomic E-state index is 5.84. The van der Waals surface area contributed by atoms with Gasteiger partial charge in [0, 0.05) is 31.8 Å². The van der Waals surface area contributed by atoms with Crippen LogP contribution in [0.4, 0.5) is 0 Å². The zero-order valence-corrected chi connectivity index (χ0v) is 13.0. The van der Waals surface area contributed by atoms with Crippen molar-refractivity contribution < 1.29 is 4.74 Å². The topological polar surface area (TPSA) is 24.5 Å². The predicted molar refractivity (Wildman–Crippen MR) is 80.5 cm³/mol. The average molecular weight is 268 g/mol. The Morgan fingerprint density at radius 1 is 1.32 bits per heavy atom. The third-order valence-corrected chi connectivity index (χ3v) is 4.53. The Balaban J connectivity index is 1.90. The zero-order valence-electron chi connectivity index (χ0n) is 13.0. The molecular weight excluding hydrogens is 236 g/mol. The summed E-state index contributed by atoms with van der Waals surface area (Å²) in [5, 5.41) is 3.65. The average Bonchev–Trinajstić information content (AvgIpc) is 2.90. The Morgan fingerprint density at radius 2 is 2.16 bits per heavy atom. The molecule has 2 rings (SSSR count). The number of rotatable bonds is 6. The summed E-state index contributed by atoms with van der Waals surface area (Å²) in [5.41, 5.74) is 0. The molecule has 2 fully saturated rings. The summed E-state index contributed by atoms with van der Waals surface area (Å²) >= 11 is 0. The second-order valence-corrected chi connectivity index (χ2v) is 6.72. The largest absolute Gasteiger partial charge is 0.378 e. The lowest BCUT2D eigenvalue weighted by Gasteiger charge is -2.39. The van der Waals surface area contributed by atoms with Gasteiger partial charge in [-0.1, -0.05) is 20.8 Å². The van der Waals surface area contributed by atoms with Crippen LogP contribution < -0.4 is 5.32 Å². The van der Waals surface area contributed by atoms with E-state index >= 15 is 0 Å². The molecule has 0 aromatic carbocycles. The van der Waals surface area contributed by atoms with Gasteiger partial charge >= 0.3 is 0 Å². The fourth-order valence-corrected chi connectivity index (χ4v) is 3.51. The van der Waals surface area contributed by atoms with Gasteiger partial charge in [0.2, 0.25) is 0 Å². The van der Waals surface area contributed by atoms with E-state index in [2.05, 4.69) is 31.0 Å². The summed E-state index contributed by atoms with van der Waals surface area (Å²) in [4.78, 5) is 2.75. The highest BCUT2D eigenvalue weighted by Crippen LogP contribution is 2.23. The second-order valence-electron chi connectivity index (χ2n) is 6.72. The van der Waals surface area contributed by atoms with Crippen LogP contribution in [0.15, 0.2) is 0 Å². The van der Waals surface area contributed by atoms with Crippen molar-refractivity contribution in [2.75, 3.05) is 26.2 Å². The molecule has 2 heterocycles. The molecule has 0 spiro atoms. The first-order valence-corrected chi connectivity index (χ1v) is 8.28. The van der Waals surface area contributed by atoms with E-state index in [1.54, 1.807) is 0 Å². The lowest BCUT2D eigenvalue weighted by atomic mass is 9.98. The van der Waals surface area contributed by atoms with Crippen molar-refractivity contribution in [1.29, 1.82) is 0 Å². The molecule has 0 aromatic heterocycles. The minimum atomic E-state index is 0.491. The van der Waals surface area contributed by atoms with E-state index in [0.29, 0.717) is 6.10 Å². The van der Waals surface area contributed by atoms with Crippen molar-refractivity contribution in [2.45, 2.75) is 71.1 Å². The van der Waals surface area contributed by atoms with Gasteiger partial charge in [-0.05, 0) is 44.6 Å². The molecule has 3 unspecified atom stereocenters. The summed E-state index contributed by atoms with van der Waals surface area (Å²) in [6.45, 7) is 11.6. The van der Waals surface area contributed by atoms with Crippen LogP contribution in [-0.4, -0.2) is 49.3 Å². The van der Waals surface area contributed by atoms with Gasteiger partial charge in [0.05, 0.1) is 6.10 Å². The molecule has 0 aliphatic carbocycles. The van der Waals surface area contributed by atoms with Crippen LogP contribution in [0.25, 0.3) is 0 Å². The fraction of sp³-hybridized carbons (Fsp3) is 1.00. The number of hydrogen-bond acceptors (Lipinski definition) is 3. The van der Waals surface area contributed by atoms with E-state index in [-0.39, 0.29) is 0 Å². The summed E-state index contributed by atoms with van der Waals surface area (Å²) in [7, 11) is 0. The van der Waals surface area contributed by atoms with E-state index < -0.39 is 0 Å². The van der Waals surface area contributed by atoms with E-state index in [0.717, 1.165) is 31.0 Å². The van der Waals surface area contributed by atoms with Crippen LogP contribution in [0, 0.1) is 5.92 Å². The second kappa shape index (κ2) is 7.61. The lowest BCUT2D eigenvalue weighted by Crippen LogP contribution is -2.48. The van der Waals surface area contributed by atoms with Gasteiger partial charge in [-0.3, -0.25) is 4.90 Å². The van der Waals surface area contributed by atoms with Gasteiger partial charge in [0.1, 0.15) is 0 Å². The minimum absolute atomic E-state index is 0.491. The minimum Gasteiger partial charge on any atom is -0.378 e. The molecule has 2 saturated heterocycles. The van der Waals surface area contributed by atoms with Gasteiger partial charge < -0.3 is 10.1 Å². The third-order valence-electron chi connectivity index (χ3n) is 4.53. The predicted octanol–water partition coefficient (Wildman–Crippen LogP) is 2.65. The molecule has 0 amide bonds. The van der Waals surface area contributed by atoms with Crippen LogP contribution in [-0.2, 0) is 4.74 Å². The van der Waals surface area contributed by atoms with Crippen molar-refractivity contribution in [3.05, 3.63) is 0 Å². The van der Waals surface area contributed by atoms with Gasteiger partial charge in [0.15, 0.2) is 0 Å². The Hall–Kier alpha value is -0.120. The molecule has 0 bridgehead atoms. The summed E-state index contributed by atoms with van der Waals surface area (Å²) in [6, 6.07) is 1.46. The smallest absolute Gasteiger partial charge is 0.0587 e. The highest BCUT2D eigenvalue weighted by Gasteiger charge is 2.29. The van der Waals surface area contributed by atoms with Gasteiger partial charge in [-0.2, -0.15) is 0 Å². The van der Waals surface area contributed by atoms with E-state index in [4.69, 9.17) is 4.74 Å². The molecule has 2 aliphatic rings. The van der Waals surface area contributed by atoms with E-state index in [9.17, 15) is 0 Å². The number of ether oxygens (including phenoxy) is 1. The number of hydrogen-bond donors (Lipinski definition) is 1. The van der Waals surface area contributed by atoms with Crippen molar-refractivity contribution in [1.82, 2.24) is 10.2 Å². The van der Waals surface area contributed by atoms with Gasteiger partial charge in [-0.15, -0.1) is 0 Å². The summed E-state index contributed by atoms with van der Waals surface area (Å²) in [6.07, 6.45) is 6.81. The van der Waals surface area contributed by atoms with Gasteiger partial charge in [-0.25, -0.2) is 0 Å². The molecule has 1 N–H and O–H groups in total. The Morgan fingerprint density at radius 3 is 2.79 bits per heavy atom. The molecule has 3 nitrogen and oxygen atoms in total. The van der Waals surface area contributed by atoms with Crippen molar-refractivity contribution >= 4 is 0 Å². The summed E-state index contributed by atoms with van der Waals surface area (Å²) in [5.74, 6) is 0.754. The quantitative estimate of drug-likeness (QED) is 0.801. The first-order chi connectivity index (χ1) is 9.19. The molecule has 3 heteroatoms. The molecule has 2 aliphatic heterocycles. The van der Waals surface area contributed by atoms with Crippen LogP contribution in [0.5, 0.6) is 0 Å². The van der Waals surface area contributed by atoms with Crippen LogP contribution in [0.3, 0.4) is 0 Å². The van der Waals surface area contributed by atoms with Crippen LogP contribution in [0.1, 0.15) is 52.9 Å². The first kappa shape index (κ1) is 15.3. The van der Waals surface area contributed by atoms with E-state index in [1.807, 2.05) is 0 Å². The lowest BCUT2D eigenvalue weighted by molar-refractivity contribution is -0.0318. The fourth-order valence-electron chi connectivity index (χ4n) is 3.51. The van der Waals surface area contributed by atoms with Crippen molar-refractivity contribution in [3.63, 3.8) is 0 Å². The standard InChI is InChI=1S/C16H32N2O/c1-4-16-10-15(7-9-19-16)18(11-13(2)3)12-14-6-5-8-17-14/h13-17H,4-12H2,1-3H3. The van der Waals surface area contributed by atoms with Crippen molar-refractivity contribution in [2.24, 2.45) is 5.92 Å². The van der Waals surface area contributed by atoms with Crippen LogP contribution in [0.2, 0.25) is 0 Å². The summed E-state index contributed by atoms with van der Waals surface area (Å²) < 4.78 is 5.84. The maximum absolute atomic E-state index is 5.84. The molecule has 3 atom stereocenters. The zero-order chi connectivity index (χ0) is 13.7. The SMILES string of the molecule is CCC1CC(N(CC(C)C)CC2CCCN2)CCO1. The highest BCUT2D eigenvalue weighted by molar-refractivity contribution is 4.85. The molecular formula is C16H32N2O. The third kappa shape index (κ3) is 4.73. The van der Waals surface area contributed by atoms with Crippen molar-refractivity contribution in [3.8, 4) is 0 Å². The molecule has 19 heavy (non-hydrogen) atoms. The van der Waals surface area contributed by atoms with Gasteiger partial charge in [0.25, 0.3) is 0 Å². The number of nitrogens with one attached hydrogen (secondary N) is 1. The highest BCUT2D eigenvalue weighted by atomic mass is 16.5. The molecule has 0 aromatic rings. The molecule has 0 saturated carbocycles. The maximum Gasteiger partial charge on any atom is 0.0587 e. The van der Waals surface area contributed by atoms with Crippen LogP contribution >= 0.6 is 0 Å².